The second-order valence-corrected chi connectivity index (χ2v) is 4.80. The Morgan fingerprint density at radius 3 is 2.72 bits per heavy atom. The first-order valence-corrected chi connectivity index (χ1v) is 6.05. The van der Waals surface area contributed by atoms with Crippen LogP contribution in [0.5, 0.6) is 0 Å². The fourth-order valence-electron chi connectivity index (χ4n) is 2.49. The summed E-state index contributed by atoms with van der Waals surface area (Å²) in [5.41, 5.74) is 10.2. The normalized spacial score (nSPS) is 14.7. The Bertz CT molecular complexity index is 580. The molecule has 0 radical (unpaired) electrons. The lowest BCUT2D eigenvalue weighted by Crippen LogP contribution is -2.15. The Hall–Kier alpha value is -1.87. The van der Waals surface area contributed by atoms with Gasteiger partial charge in [-0.05, 0) is 41.0 Å². The van der Waals surface area contributed by atoms with Crippen LogP contribution in [0.2, 0.25) is 0 Å². The van der Waals surface area contributed by atoms with Crippen LogP contribution >= 0.6 is 0 Å². The Morgan fingerprint density at radius 2 is 1.89 bits per heavy atom. The van der Waals surface area contributed by atoms with E-state index in [1.165, 1.54) is 17.2 Å². The van der Waals surface area contributed by atoms with Gasteiger partial charge in [0.2, 0.25) is 0 Å². The number of hydrogen-bond acceptors (Lipinski definition) is 2. The lowest BCUT2D eigenvalue weighted by molar-refractivity contribution is 0.275. The lowest BCUT2D eigenvalue weighted by Gasteiger charge is -2.14. The molecule has 0 bridgehead atoms. The van der Waals surface area contributed by atoms with E-state index in [9.17, 15) is 4.39 Å². The zero-order chi connectivity index (χ0) is 12.5. The second-order valence-electron chi connectivity index (χ2n) is 4.80. The average Bonchev–Trinajstić information content (AvgIpc) is 2.70. The molecule has 0 aliphatic carbocycles. The summed E-state index contributed by atoms with van der Waals surface area (Å²) >= 11 is 0. The Morgan fingerprint density at radius 1 is 1.06 bits per heavy atom. The topological polar surface area (TPSA) is 29.3 Å². The molecule has 2 aromatic carbocycles. The van der Waals surface area contributed by atoms with Crippen molar-refractivity contribution in [2.75, 3.05) is 5.73 Å². The number of rotatable bonds is 2. The lowest BCUT2D eigenvalue weighted by atomic mass is 10.1. The third-order valence-electron chi connectivity index (χ3n) is 3.31. The molecule has 0 atom stereocenters. The molecule has 1 heterocycles. The van der Waals surface area contributed by atoms with Gasteiger partial charge in [0, 0.05) is 25.3 Å². The van der Waals surface area contributed by atoms with Crippen LogP contribution in [0.15, 0.2) is 42.5 Å². The number of nitrogens with two attached hydrogens (primary N) is 1. The predicted octanol–water partition coefficient (Wildman–Crippen LogP) is 2.92. The molecule has 3 heteroatoms. The van der Waals surface area contributed by atoms with Crippen molar-refractivity contribution in [3.63, 3.8) is 0 Å². The van der Waals surface area contributed by atoms with E-state index < -0.39 is 0 Å². The summed E-state index contributed by atoms with van der Waals surface area (Å²) in [4.78, 5) is 2.29. The highest BCUT2D eigenvalue weighted by atomic mass is 19.1. The molecular weight excluding hydrogens is 227 g/mol. The van der Waals surface area contributed by atoms with Gasteiger partial charge in [-0.15, -0.1) is 0 Å². The Kier molecular flexibility index (Phi) is 2.76. The molecule has 0 amide bonds. The number of fused-ring (bicyclic) bond motifs is 1. The van der Waals surface area contributed by atoms with Gasteiger partial charge in [-0.25, -0.2) is 4.39 Å². The highest BCUT2D eigenvalue weighted by Crippen LogP contribution is 2.26. The van der Waals surface area contributed by atoms with Gasteiger partial charge in [0.15, 0.2) is 0 Å². The van der Waals surface area contributed by atoms with Gasteiger partial charge >= 0.3 is 0 Å². The fourth-order valence-corrected chi connectivity index (χ4v) is 2.49. The standard InChI is InChI=1S/C15H15FN2/c16-14-3-1-2-11(6-14)8-18-9-12-4-5-15(17)7-13(12)10-18/h1-7H,8-10,17H2. The number of nitrogens with zero attached hydrogens (tertiary/aromatic N) is 1. The maximum absolute atomic E-state index is 13.1. The van der Waals surface area contributed by atoms with E-state index in [1.54, 1.807) is 12.1 Å². The zero-order valence-corrected chi connectivity index (χ0v) is 10.1. The first-order chi connectivity index (χ1) is 8.70. The monoisotopic (exact) mass is 242 g/mol. The van der Waals surface area contributed by atoms with Crippen LogP contribution in [0.1, 0.15) is 16.7 Å². The molecule has 0 saturated heterocycles. The fraction of sp³-hybridized carbons (Fsp3) is 0.200. The average molecular weight is 242 g/mol. The molecule has 0 spiro atoms. The van der Waals surface area contributed by atoms with Crippen molar-refractivity contribution < 1.29 is 4.39 Å². The van der Waals surface area contributed by atoms with Crippen LogP contribution in [-0.4, -0.2) is 4.90 Å². The quantitative estimate of drug-likeness (QED) is 0.820. The summed E-state index contributed by atoms with van der Waals surface area (Å²) in [5, 5.41) is 0. The highest BCUT2D eigenvalue weighted by Gasteiger charge is 2.18. The minimum atomic E-state index is -0.173. The number of anilines is 1. The minimum Gasteiger partial charge on any atom is -0.399 e. The van der Waals surface area contributed by atoms with Gasteiger partial charge in [-0.1, -0.05) is 18.2 Å². The van der Waals surface area contributed by atoms with Crippen molar-refractivity contribution in [3.05, 3.63) is 65.0 Å². The first kappa shape index (κ1) is 11.2. The van der Waals surface area contributed by atoms with Crippen molar-refractivity contribution in [1.29, 1.82) is 0 Å². The minimum absolute atomic E-state index is 0.173. The third kappa shape index (κ3) is 2.22. The van der Waals surface area contributed by atoms with E-state index in [4.69, 9.17) is 5.73 Å². The van der Waals surface area contributed by atoms with Crippen LogP contribution in [0, 0.1) is 5.82 Å². The maximum atomic E-state index is 13.1. The molecule has 1 aliphatic rings. The summed E-state index contributed by atoms with van der Waals surface area (Å²) in [6, 6.07) is 12.8. The van der Waals surface area contributed by atoms with Gasteiger partial charge < -0.3 is 5.73 Å². The molecule has 0 fully saturated rings. The number of halogens is 1. The van der Waals surface area contributed by atoms with Crippen molar-refractivity contribution in [1.82, 2.24) is 4.90 Å². The van der Waals surface area contributed by atoms with E-state index in [2.05, 4.69) is 11.0 Å². The SMILES string of the molecule is Nc1ccc2c(c1)CN(Cc1cccc(F)c1)C2. The molecule has 0 saturated carbocycles. The molecule has 0 aromatic heterocycles. The largest absolute Gasteiger partial charge is 0.399 e. The van der Waals surface area contributed by atoms with Crippen molar-refractivity contribution in [2.24, 2.45) is 0 Å². The van der Waals surface area contributed by atoms with E-state index in [1.807, 2.05) is 18.2 Å². The van der Waals surface area contributed by atoms with E-state index >= 15 is 0 Å². The highest BCUT2D eigenvalue weighted by molar-refractivity contribution is 5.46. The molecular formula is C15H15FN2. The van der Waals surface area contributed by atoms with Crippen LogP contribution in [0.3, 0.4) is 0 Å². The van der Waals surface area contributed by atoms with Crippen molar-refractivity contribution >= 4 is 5.69 Å². The van der Waals surface area contributed by atoms with E-state index in [-0.39, 0.29) is 5.82 Å². The molecule has 1 aliphatic heterocycles. The first-order valence-electron chi connectivity index (χ1n) is 6.05. The van der Waals surface area contributed by atoms with Gasteiger partial charge in [-0.3, -0.25) is 4.90 Å². The molecule has 2 N–H and O–H groups in total. The van der Waals surface area contributed by atoms with Gasteiger partial charge in [-0.2, -0.15) is 0 Å². The van der Waals surface area contributed by atoms with E-state index in [0.29, 0.717) is 0 Å². The van der Waals surface area contributed by atoms with Crippen LogP contribution < -0.4 is 5.73 Å². The van der Waals surface area contributed by atoms with Crippen LogP contribution in [-0.2, 0) is 19.6 Å². The third-order valence-corrected chi connectivity index (χ3v) is 3.31. The maximum Gasteiger partial charge on any atom is 0.123 e. The zero-order valence-electron chi connectivity index (χ0n) is 10.1. The molecule has 3 rings (SSSR count). The Labute approximate surface area is 106 Å². The Balaban J connectivity index is 1.74. The van der Waals surface area contributed by atoms with Crippen LogP contribution in [0.25, 0.3) is 0 Å². The molecule has 2 nitrogen and oxygen atoms in total. The van der Waals surface area contributed by atoms with Gasteiger partial charge in [0.25, 0.3) is 0 Å². The summed E-state index contributed by atoms with van der Waals surface area (Å²) < 4.78 is 13.1. The number of hydrogen-bond donors (Lipinski definition) is 1. The van der Waals surface area contributed by atoms with Gasteiger partial charge in [0.05, 0.1) is 0 Å². The second kappa shape index (κ2) is 4.42. The van der Waals surface area contributed by atoms with Crippen LogP contribution in [0.4, 0.5) is 10.1 Å². The number of benzene rings is 2. The van der Waals surface area contributed by atoms with Crippen molar-refractivity contribution in [2.45, 2.75) is 19.6 Å². The summed E-state index contributed by atoms with van der Waals surface area (Å²) in [7, 11) is 0. The molecule has 2 aromatic rings. The molecule has 92 valence electrons. The predicted molar refractivity (Wildman–Crippen MR) is 70.2 cm³/mol. The molecule has 18 heavy (non-hydrogen) atoms. The number of nitrogen functional groups attached to an aromatic ring is 1. The van der Waals surface area contributed by atoms with E-state index in [0.717, 1.165) is 30.9 Å². The molecule has 0 unspecified atom stereocenters. The van der Waals surface area contributed by atoms with Gasteiger partial charge in [0.1, 0.15) is 5.82 Å². The van der Waals surface area contributed by atoms with Crippen molar-refractivity contribution in [3.8, 4) is 0 Å². The summed E-state index contributed by atoms with van der Waals surface area (Å²) in [5.74, 6) is -0.173. The summed E-state index contributed by atoms with van der Waals surface area (Å²) in [6.45, 7) is 2.56. The summed E-state index contributed by atoms with van der Waals surface area (Å²) in [6.07, 6.45) is 0. The smallest absolute Gasteiger partial charge is 0.123 e.